The van der Waals surface area contributed by atoms with E-state index in [9.17, 15) is 4.79 Å². The molecule has 4 nitrogen and oxygen atoms in total. The summed E-state index contributed by atoms with van der Waals surface area (Å²) in [6.07, 6.45) is 8.27. The van der Waals surface area contributed by atoms with Crippen molar-refractivity contribution in [3.8, 4) is 0 Å². The molecule has 4 heteroatoms. The second-order valence-corrected chi connectivity index (χ2v) is 11.2. The molecule has 232 valence electrons. The summed E-state index contributed by atoms with van der Waals surface area (Å²) in [6, 6.07) is 25.1. The van der Waals surface area contributed by atoms with Gasteiger partial charge >= 0.3 is 5.97 Å². The fourth-order valence-electron chi connectivity index (χ4n) is 5.99. The molecule has 45 heavy (non-hydrogen) atoms. The summed E-state index contributed by atoms with van der Waals surface area (Å²) in [6.45, 7) is 14.4. The zero-order chi connectivity index (χ0) is 32.5. The van der Waals surface area contributed by atoms with Gasteiger partial charge in [0.05, 0.1) is 19.8 Å². The van der Waals surface area contributed by atoms with Gasteiger partial charge in [-0.25, -0.2) is 4.79 Å². The Morgan fingerprint density at radius 2 is 1.47 bits per heavy atom. The average Bonchev–Trinajstić information content (AvgIpc) is 3.08. The van der Waals surface area contributed by atoms with E-state index in [-0.39, 0.29) is 5.97 Å². The zero-order valence-corrected chi connectivity index (χ0v) is 27.8. The highest BCUT2D eigenvalue weighted by Gasteiger charge is 2.20. The van der Waals surface area contributed by atoms with Gasteiger partial charge in [0, 0.05) is 23.0 Å². The second kappa shape index (κ2) is 15.3. The number of ether oxygens (including phenoxy) is 2. The van der Waals surface area contributed by atoms with E-state index in [0.717, 1.165) is 59.4 Å². The van der Waals surface area contributed by atoms with Crippen LogP contribution in [0.15, 0.2) is 97.2 Å². The number of methoxy groups -OCH3 is 2. The van der Waals surface area contributed by atoms with Crippen molar-refractivity contribution in [2.24, 2.45) is 0 Å². The summed E-state index contributed by atoms with van der Waals surface area (Å²) in [5.41, 5.74) is 15.5. The SMILES string of the molecule is C=C(OC)c1ccc2c(c1)C(c1cccc(C)c1)=C(C)CC2.CC.COC(=O)c1ccc2c(c1)C(c1cccnc1C)=CCC2. The Kier molecular flexibility index (Phi) is 11.3. The topological polar surface area (TPSA) is 48.4 Å². The first-order valence-corrected chi connectivity index (χ1v) is 15.8. The molecular weight excluding hydrogens is 554 g/mol. The summed E-state index contributed by atoms with van der Waals surface area (Å²) in [5.74, 6) is 0.417. The minimum absolute atomic E-state index is 0.300. The molecule has 0 saturated heterocycles. The Bertz CT molecular complexity index is 1760. The molecule has 0 spiro atoms. The third-order valence-corrected chi connectivity index (χ3v) is 8.33. The molecule has 0 bridgehead atoms. The fourth-order valence-corrected chi connectivity index (χ4v) is 5.99. The predicted octanol–water partition coefficient (Wildman–Crippen LogP) is 9.96. The summed E-state index contributed by atoms with van der Waals surface area (Å²) >= 11 is 0. The summed E-state index contributed by atoms with van der Waals surface area (Å²) in [7, 11) is 3.08. The minimum Gasteiger partial charge on any atom is -0.497 e. The number of hydrogen-bond acceptors (Lipinski definition) is 4. The van der Waals surface area contributed by atoms with Crippen LogP contribution in [0.1, 0.15) is 94.2 Å². The maximum atomic E-state index is 11.8. The number of aryl methyl sites for hydroxylation is 4. The molecular formula is C41H45NO3. The number of allylic oxidation sites excluding steroid dienone is 2. The first-order valence-electron chi connectivity index (χ1n) is 15.8. The molecule has 2 aliphatic rings. The van der Waals surface area contributed by atoms with E-state index in [0.29, 0.717) is 5.56 Å². The monoisotopic (exact) mass is 599 g/mol. The standard InChI is InChI=1S/C21H22O.C18H17NO2.C2H6/c1-14-6-5-7-19(12-14)21-15(2)8-9-17-10-11-18(13-20(17)21)16(3)22-4;1-12-15(7-4-10-19-12)16-6-3-5-13-8-9-14(11-17(13)16)18(20)21-2;1-2/h5-7,10-13H,3,8-9H2,1-2,4H3;4,6-11H,3,5H2,1-2H3;1-2H3. The van der Waals surface area contributed by atoms with Crippen LogP contribution in [0, 0.1) is 13.8 Å². The highest BCUT2D eigenvalue weighted by Crippen LogP contribution is 2.38. The molecule has 0 N–H and O–H groups in total. The minimum atomic E-state index is -0.300. The Hall–Kier alpha value is -4.70. The average molecular weight is 600 g/mol. The van der Waals surface area contributed by atoms with Crippen LogP contribution in [0.5, 0.6) is 0 Å². The highest BCUT2D eigenvalue weighted by atomic mass is 16.5. The number of rotatable bonds is 5. The molecule has 0 aliphatic heterocycles. The molecule has 0 amide bonds. The van der Waals surface area contributed by atoms with Gasteiger partial charge in [0.2, 0.25) is 0 Å². The van der Waals surface area contributed by atoms with E-state index in [4.69, 9.17) is 9.47 Å². The van der Waals surface area contributed by atoms with Gasteiger partial charge in [0.1, 0.15) is 5.76 Å². The predicted molar refractivity (Wildman–Crippen MR) is 187 cm³/mol. The van der Waals surface area contributed by atoms with E-state index >= 15 is 0 Å². The van der Waals surface area contributed by atoms with Gasteiger partial charge in [-0.3, -0.25) is 4.98 Å². The van der Waals surface area contributed by atoms with Crippen molar-refractivity contribution in [1.82, 2.24) is 4.98 Å². The zero-order valence-electron chi connectivity index (χ0n) is 27.8. The lowest BCUT2D eigenvalue weighted by atomic mass is 9.81. The Morgan fingerprint density at radius 1 is 0.756 bits per heavy atom. The van der Waals surface area contributed by atoms with Gasteiger partial charge in [0.25, 0.3) is 0 Å². The molecule has 1 aromatic heterocycles. The van der Waals surface area contributed by atoms with Crippen molar-refractivity contribution in [1.29, 1.82) is 0 Å². The smallest absolute Gasteiger partial charge is 0.337 e. The van der Waals surface area contributed by atoms with Crippen LogP contribution in [0.2, 0.25) is 0 Å². The van der Waals surface area contributed by atoms with Gasteiger partial charge in [-0.1, -0.05) is 86.2 Å². The first-order chi connectivity index (χ1) is 21.8. The quantitative estimate of drug-likeness (QED) is 0.169. The normalized spacial score (nSPS) is 13.1. The van der Waals surface area contributed by atoms with Crippen LogP contribution in [-0.4, -0.2) is 25.2 Å². The van der Waals surface area contributed by atoms with Crippen LogP contribution >= 0.6 is 0 Å². The number of carbonyl (C=O) groups is 1. The van der Waals surface area contributed by atoms with Crippen LogP contribution < -0.4 is 0 Å². The number of fused-ring (bicyclic) bond motifs is 2. The highest BCUT2D eigenvalue weighted by molar-refractivity contribution is 5.93. The van der Waals surface area contributed by atoms with E-state index < -0.39 is 0 Å². The number of carbonyl (C=O) groups excluding carboxylic acids is 1. The molecule has 0 saturated carbocycles. The molecule has 0 unspecified atom stereocenters. The molecule has 4 aromatic rings. The second-order valence-electron chi connectivity index (χ2n) is 11.2. The number of aromatic nitrogens is 1. The lowest BCUT2D eigenvalue weighted by molar-refractivity contribution is 0.0600. The van der Waals surface area contributed by atoms with Crippen LogP contribution in [-0.2, 0) is 22.3 Å². The summed E-state index contributed by atoms with van der Waals surface area (Å²) < 4.78 is 10.1. The number of pyridine rings is 1. The number of hydrogen-bond donors (Lipinski definition) is 0. The van der Waals surface area contributed by atoms with E-state index in [1.54, 1.807) is 13.3 Å². The van der Waals surface area contributed by atoms with Crippen molar-refractivity contribution in [3.63, 3.8) is 0 Å². The third-order valence-electron chi connectivity index (χ3n) is 8.33. The molecule has 0 radical (unpaired) electrons. The molecule has 1 heterocycles. The van der Waals surface area contributed by atoms with Gasteiger partial charge < -0.3 is 9.47 Å². The number of esters is 1. The number of benzene rings is 3. The maximum absolute atomic E-state index is 11.8. The van der Waals surface area contributed by atoms with Gasteiger partial charge in [-0.15, -0.1) is 0 Å². The van der Waals surface area contributed by atoms with E-state index in [1.807, 2.05) is 45.0 Å². The number of nitrogens with zero attached hydrogens (tertiary/aromatic N) is 1. The summed E-state index contributed by atoms with van der Waals surface area (Å²) in [4.78, 5) is 16.1. The van der Waals surface area contributed by atoms with E-state index in [1.165, 1.54) is 46.1 Å². The summed E-state index contributed by atoms with van der Waals surface area (Å²) in [5, 5.41) is 0. The Balaban J connectivity index is 0.000000194. The Morgan fingerprint density at radius 3 is 2.16 bits per heavy atom. The molecule has 6 rings (SSSR count). The van der Waals surface area contributed by atoms with Crippen molar-refractivity contribution in [2.75, 3.05) is 14.2 Å². The van der Waals surface area contributed by atoms with Gasteiger partial charge in [-0.05, 0) is 110 Å². The van der Waals surface area contributed by atoms with E-state index in [2.05, 4.69) is 80.0 Å². The van der Waals surface area contributed by atoms with Crippen molar-refractivity contribution in [3.05, 3.63) is 153 Å². The van der Waals surface area contributed by atoms with Crippen molar-refractivity contribution < 1.29 is 14.3 Å². The lowest BCUT2D eigenvalue weighted by Crippen LogP contribution is -2.07. The lowest BCUT2D eigenvalue weighted by Gasteiger charge is -2.23. The molecule has 2 aliphatic carbocycles. The molecule has 0 atom stereocenters. The van der Waals surface area contributed by atoms with Crippen molar-refractivity contribution in [2.45, 2.75) is 60.3 Å². The van der Waals surface area contributed by atoms with Crippen LogP contribution in [0.3, 0.4) is 0 Å². The maximum Gasteiger partial charge on any atom is 0.337 e. The molecule has 0 fully saturated rings. The molecule has 3 aromatic carbocycles. The van der Waals surface area contributed by atoms with Crippen molar-refractivity contribution >= 4 is 22.9 Å². The Labute approximate surface area is 269 Å². The third kappa shape index (κ3) is 7.51. The van der Waals surface area contributed by atoms with Crippen LogP contribution in [0.4, 0.5) is 0 Å². The van der Waals surface area contributed by atoms with Gasteiger partial charge in [0.15, 0.2) is 0 Å². The van der Waals surface area contributed by atoms with Crippen LogP contribution in [0.25, 0.3) is 16.9 Å². The fraction of sp³-hybridized carbons (Fsp3) is 0.268. The largest absolute Gasteiger partial charge is 0.497 e. The van der Waals surface area contributed by atoms with Gasteiger partial charge in [-0.2, -0.15) is 0 Å². The first kappa shape index (κ1) is 33.2.